The molecule has 0 spiro atoms. The second kappa shape index (κ2) is 3.89. The van der Waals surface area contributed by atoms with Crippen LogP contribution in [0.4, 0.5) is 0 Å². The molecule has 5 heteroatoms. The molecule has 4 nitrogen and oxygen atoms in total. The molecule has 0 aromatic carbocycles. The zero-order chi connectivity index (χ0) is 9.97. The molecule has 0 aliphatic heterocycles. The molecule has 1 unspecified atom stereocenters. The Morgan fingerprint density at radius 1 is 1.64 bits per heavy atom. The zero-order valence-corrected chi connectivity index (χ0v) is 8.61. The van der Waals surface area contributed by atoms with Gasteiger partial charge in [-0.05, 0) is 22.4 Å². The van der Waals surface area contributed by atoms with E-state index in [2.05, 4.69) is 10.1 Å². The molecule has 14 heavy (non-hydrogen) atoms. The highest BCUT2D eigenvalue weighted by Crippen LogP contribution is 2.19. The summed E-state index contributed by atoms with van der Waals surface area (Å²) in [5.41, 5.74) is 0.943. The summed E-state index contributed by atoms with van der Waals surface area (Å²) >= 11 is 1.58. The molecule has 2 aromatic heterocycles. The molecule has 0 saturated heterocycles. The van der Waals surface area contributed by atoms with Gasteiger partial charge in [-0.25, -0.2) is 4.98 Å². The van der Waals surface area contributed by atoms with Crippen LogP contribution in [0.2, 0.25) is 0 Å². The minimum Gasteiger partial charge on any atom is -0.388 e. The topological polar surface area (TPSA) is 50.9 Å². The summed E-state index contributed by atoms with van der Waals surface area (Å²) in [6.45, 7) is 0. The Balaban J connectivity index is 2.09. The predicted octanol–water partition coefficient (Wildman–Crippen LogP) is 1.15. The maximum absolute atomic E-state index is 9.83. The first-order chi connectivity index (χ1) is 6.77. The van der Waals surface area contributed by atoms with E-state index in [1.165, 1.54) is 6.33 Å². The third kappa shape index (κ3) is 1.83. The third-order valence-corrected chi connectivity index (χ3v) is 2.81. The Labute approximate surface area is 85.8 Å². The van der Waals surface area contributed by atoms with Crippen molar-refractivity contribution in [2.75, 3.05) is 0 Å². The van der Waals surface area contributed by atoms with Crippen LogP contribution < -0.4 is 0 Å². The predicted molar refractivity (Wildman–Crippen MR) is 54.0 cm³/mol. The summed E-state index contributed by atoms with van der Waals surface area (Å²) in [5.74, 6) is 0.795. The van der Waals surface area contributed by atoms with E-state index in [1.807, 2.05) is 23.9 Å². The summed E-state index contributed by atoms with van der Waals surface area (Å²) in [6.07, 6.45) is 1.52. The van der Waals surface area contributed by atoms with Crippen molar-refractivity contribution in [2.24, 2.45) is 7.05 Å². The molecule has 2 heterocycles. The summed E-state index contributed by atoms with van der Waals surface area (Å²) in [7, 11) is 1.82. The van der Waals surface area contributed by atoms with Gasteiger partial charge in [0.05, 0.1) is 6.10 Å². The first kappa shape index (κ1) is 9.36. The smallest absolute Gasteiger partial charge is 0.138 e. The van der Waals surface area contributed by atoms with Crippen molar-refractivity contribution < 1.29 is 5.11 Å². The van der Waals surface area contributed by atoms with Crippen LogP contribution in [0.1, 0.15) is 17.5 Å². The van der Waals surface area contributed by atoms with Crippen LogP contribution in [0.3, 0.4) is 0 Å². The van der Waals surface area contributed by atoms with Gasteiger partial charge in [-0.3, -0.25) is 4.68 Å². The molecular weight excluding hydrogens is 198 g/mol. The van der Waals surface area contributed by atoms with E-state index in [9.17, 15) is 5.11 Å². The molecule has 1 atom stereocenters. The minimum absolute atomic E-state index is 0.482. The Morgan fingerprint density at radius 2 is 2.50 bits per heavy atom. The Hall–Kier alpha value is -1.20. The SMILES string of the molecule is Cn1ncnc1CC(O)c1ccsc1. The quantitative estimate of drug-likeness (QED) is 0.825. The lowest BCUT2D eigenvalue weighted by Crippen LogP contribution is -2.06. The van der Waals surface area contributed by atoms with Crippen LogP contribution in [0.25, 0.3) is 0 Å². The van der Waals surface area contributed by atoms with Gasteiger partial charge in [0.15, 0.2) is 0 Å². The van der Waals surface area contributed by atoms with Gasteiger partial charge in [0.2, 0.25) is 0 Å². The second-order valence-corrected chi connectivity index (χ2v) is 3.86. The first-order valence-electron chi connectivity index (χ1n) is 4.30. The van der Waals surface area contributed by atoms with E-state index in [0.29, 0.717) is 6.42 Å². The molecule has 0 amide bonds. The summed E-state index contributed by atoms with van der Waals surface area (Å²) in [5, 5.41) is 17.7. The third-order valence-electron chi connectivity index (χ3n) is 2.11. The van der Waals surface area contributed by atoms with Gasteiger partial charge in [0.25, 0.3) is 0 Å². The van der Waals surface area contributed by atoms with E-state index < -0.39 is 6.10 Å². The fourth-order valence-electron chi connectivity index (χ4n) is 1.26. The van der Waals surface area contributed by atoms with Gasteiger partial charge in [-0.2, -0.15) is 16.4 Å². The summed E-state index contributed by atoms with van der Waals surface area (Å²) in [6, 6.07) is 1.92. The molecule has 2 aromatic rings. The number of rotatable bonds is 3. The van der Waals surface area contributed by atoms with Crippen molar-refractivity contribution in [2.45, 2.75) is 12.5 Å². The standard InChI is InChI=1S/C9H11N3OS/c1-12-9(10-6-11-12)4-8(13)7-2-3-14-5-7/h2-3,5-6,8,13H,4H2,1H3. The second-order valence-electron chi connectivity index (χ2n) is 3.08. The first-order valence-corrected chi connectivity index (χ1v) is 5.24. The number of aromatic nitrogens is 3. The van der Waals surface area contributed by atoms with Crippen LogP contribution in [-0.4, -0.2) is 19.9 Å². The molecule has 2 rings (SSSR count). The fraction of sp³-hybridized carbons (Fsp3) is 0.333. The molecule has 0 saturated carbocycles. The fourth-order valence-corrected chi connectivity index (χ4v) is 1.97. The van der Waals surface area contributed by atoms with Crippen molar-refractivity contribution in [3.8, 4) is 0 Å². The van der Waals surface area contributed by atoms with Crippen molar-refractivity contribution in [3.05, 3.63) is 34.5 Å². The van der Waals surface area contributed by atoms with Crippen molar-refractivity contribution in [3.63, 3.8) is 0 Å². The van der Waals surface area contributed by atoms with E-state index in [1.54, 1.807) is 16.0 Å². The van der Waals surface area contributed by atoms with Crippen LogP contribution in [0.5, 0.6) is 0 Å². The Bertz CT molecular complexity index is 396. The molecule has 0 radical (unpaired) electrons. The lowest BCUT2D eigenvalue weighted by atomic mass is 10.1. The summed E-state index contributed by atoms with van der Waals surface area (Å²) in [4.78, 5) is 4.06. The molecule has 0 fully saturated rings. The molecule has 0 bridgehead atoms. The van der Waals surface area contributed by atoms with E-state index in [0.717, 1.165) is 11.4 Å². The van der Waals surface area contributed by atoms with Crippen LogP contribution in [0.15, 0.2) is 23.2 Å². The highest BCUT2D eigenvalue weighted by Gasteiger charge is 2.11. The normalized spacial score (nSPS) is 13.0. The van der Waals surface area contributed by atoms with Crippen molar-refractivity contribution >= 4 is 11.3 Å². The monoisotopic (exact) mass is 209 g/mol. The number of thiophene rings is 1. The average molecular weight is 209 g/mol. The van der Waals surface area contributed by atoms with Gasteiger partial charge in [-0.15, -0.1) is 0 Å². The van der Waals surface area contributed by atoms with Gasteiger partial charge in [0, 0.05) is 13.5 Å². The van der Waals surface area contributed by atoms with E-state index >= 15 is 0 Å². The number of aliphatic hydroxyl groups is 1. The Morgan fingerprint density at radius 3 is 3.07 bits per heavy atom. The maximum Gasteiger partial charge on any atom is 0.138 e. The van der Waals surface area contributed by atoms with E-state index in [4.69, 9.17) is 0 Å². The highest BCUT2D eigenvalue weighted by molar-refractivity contribution is 7.07. The zero-order valence-electron chi connectivity index (χ0n) is 7.79. The van der Waals surface area contributed by atoms with Crippen LogP contribution >= 0.6 is 11.3 Å². The maximum atomic E-state index is 9.83. The number of nitrogens with zero attached hydrogens (tertiary/aromatic N) is 3. The molecule has 0 aliphatic rings. The van der Waals surface area contributed by atoms with E-state index in [-0.39, 0.29) is 0 Å². The van der Waals surface area contributed by atoms with Crippen molar-refractivity contribution in [1.82, 2.24) is 14.8 Å². The minimum atomic E-state index is -0.482. The average Bonchev–Trinajstić information content (AvgIpc) is 2.77. The van der Waals surface area contributed by atoms with Crippen molar-refractivity contribution in [1.29, 1.82) is 0 Å². The number of hydrogen-bond donors (Lipinski definition) is 1. The van der Waals surface area contributed by atoms with Gasteiger partial charge < -0.3 is 5.11 Å². The molecule has 1 N–H and O–H groups in total. The highest BCUT2D eigenvalue weighted by atomic mass is 32.1. The van der Waals surface area contributed by atoms with Gasteiger partial charge in [-0.1, -0.05) is 0 Å². The lowest BCUT2D eigenvalue weighted by molar-refractivity contribution is 0.175. The van der Waals surface area contributed by atoms with Gasteiger partial charge >= 0.3 is 0 Å². The van der Waals surface area contributed by atoms with Gasteiger partial charge in [0.1, 0.15) is 12.2 Å². The molecule has 0 aliphatic carbocycles. The number of hydrogen-bond acceptors (Lipinski definition) is 4. The largest absolute Gasteiger partial charge is 0.388 e. The molecular formula is C9H11N3OS. The van der Waals surface area contributed by atoms with Crippen LogP contribution in [0, 0.1) is 0 Å². The summed E-state index contributed by atoms with van der Waals surface area (Å²) < 4.78 is 1.68. The molecule has 74 valence electrons. The number of aliphatic hydroxyl groups excluding tert-OH is 1. The number of aryl methyl sites for hydroxylation is 1. The lowest BCUT2D eigenvalue weighted by Gasteiger charge is -2.07. The Kier molecular flexibility index (Phi) is 2.60. The van der Waals surface area contributed by atoms with Crippen LogP contribution in [-0.2, 0) is 13.5 Å².